The summed E-state index contributed by atoms with van der Waals surface area (Å²) in [5, 5.41) is 2.74. The van der Waals surface area contributed by atoms with Gasteiger partial charge in [-0.15, -0.1) is 0 Å². The van der Waals surface area contributed by atoms with E-state index < -0.39 is 5.82 Å². The van der Waals surface area contributed by atoms with Gasteiger partial charge >= 0.3 is 6.03 Å². The molecule has 1 fully saturated rings. The molecule has 0 bridgehead atoms. The van der Waals surface area contributed by atoms with Gasteiger partial charge in [-0.25, -0.2) is 9.18 Å². The molecule has 5 nitrogen and oxygen atoms in total. The monoisotopic (exact) mass is 277 g/mol. The van der Waals surface area contributed by atoms with Gasteiger partial charge in [0.15, 0.2) is 0 Å². The minimum atomic E-state index is -0.407. The van der Waals surface area contributed by atoms with Gasteiger partial charge in [-0.2, -0.15) is 0 Å². The average molecular weight is 277 g/mol. The first-order chi connectivity index (χ1) is 9.70. The van der Waals surface area contributed by atoms with Gasteiger partial charge < -0.3 is 20.7 Å². The Morgan fingerprint density at radius 2 is 2.20 bits per heavy atom. The Bertz CT molecular complexity index is 545. The van der Waals surface area contributed by atoms with Crippen LogP contribution in [0.2, 0.25) is 0 Å². The number of anilines is 1. The van der Waals surface area contributed by atoms with Crippen molar-refractivity contribution in [2.24, 2.45) is 5.73 Å². The zero-order chi connectivity index (χ0) is 14.4. The number of nitrogens with two attached hydrogens (primary N) is 1. The molecule has 0 saturated carbocycles. The molecule has 1 aromatic carbocycles. The Morgan fingerprint density at radius 1 is 1.45 bits per heavy atom. The lowest BCUT2D eigenvalue weighted by atomic mass is 10.1. The molecule has 2 amide bonds. The second-order valence-electron chi connectivity index (χ2n) is 4.23. The van der Waals surface area contributed by atoms with Gasteiger partial charge in [-0.3, -0.25) is 0 Å². The van der Waals surface area contributed by atoms with E-state index in [0.29, 0.717) is 37.6 Å². The van der Waals surface area contributed by atoms with Crippen molar-refractivity contribution in [3.05, 3.63) is 29.6 Å². The van der Waals surface area contributed by atoms with Crippen LogP contribution in [-0.2, 0) is 4.74 Å². The largest absolute Gasteiger partial charge is 0.378 e. The molecule has 0 aromatic heterocycles. The van der Waals surface area contributed by atoms with Crippen LogP contribution in [0.1, 0.15) is 5.56 Å². The second-order valence-corrected chi connectivity index (χ2v) is 4.23. The minimum absolute atomic E-state index is 0.174. The Morgan fingerprint density at radius 3 is 2.90 bits per heavy atom. The summed E-state index contributed by atoms with van der Waals surface area (Å²) in [6.45, 7) is 2.30. The van der Waals surface area contributed by atoms with E-state index in [1.54, 1.807) is 4.90 Å². The number of benzene rings is 1. The van der Waals surface area contributed by atoms with E-state index in [0.717, 1.165) is 0 Å². The molecule has 0 atom stereocenters. The normalized spacial score (nSPS) is 14.4. The highest BCUT2D eigenvalue weighted by Gasteiger charge is 2.17. The number of nitrogens with one attached hydrogen (secondary N) is 1. The molecule has 1 aliphatic rings. The quantitative estimate of drug-likeness (QED) is 0.753. The molecule has 1 heterocycles. The molecule has 3 N–H and O–H groups in total. The molecular weight excluding hydrogens is 261 g/mol. The first-order valence-corrected chi connectivity index (χ1v) is 6.33. The van der Waals surface area contributed by atoms with Gasteiger partial charge in [-0.05, 0) is 18.2 Å². The number of hydrogen-bond acceptors (Lipinski definition) is 3. The maximum atomic E-state index is 13.2. The molecule has 1 saturated heterocycles. The molecule has 0 spiro atoms. The number of morpholine rings is 1. The van der Waals surface area contributed by atoms with Crippen molar-refractivity contribution in [2.45, 2.75) is 0 Å². The molecule has 1 aliphatic heterocycles. The molecule has 6 heteroatoms. The maximum absolute atomic E-state index is 13.2. The number of hydrogen-bond donors (Lipinski definition) is 2. The van der Waals surface area contributed by atoms with Crippen molar-refractivity contribution < 1.29 is 13.9 Å². The Labute approximate surface area is 116 Å². The third kappa shape index (κ3) is 3.70. The van der Waals surface area contributed by atoms with E-state index in [-0.39, 0.29) is 12.6 Å². The molecule has 0 aliphatic carbocycles. The third-order valence-corrected chi connectivity index (χ3v) is 2.85. The van der Waals surface area contributed by atoms with Gasteiger partial charge in [0.2, 0.25) is 0 Å². The zero-order valence-electron chi connectivity index (χ0n) is 11.0. The lowest BCUT2D eigenvalue weighted by Gasteiger charge is -2.27. The highest BCUT2D eigenvalue weighted by atomic mass is 19.1. The van der Waals surface area contributed by atoms with E-state index in [2.05, 4.69) is 17.2 Å². The molecule has 106 valence electrons. The highest BCUT2D eigenvalue weighted by molar-refractivity contribution is 5.91. The number of carbonyl (C=O) groups excluding carboxylic acids is 1. The number of halogens is 1. The van der Waals surface area contributed by atoms with Crippen LogP contribution in [0.4, 0.5) is 14.9 Å². The number of urea groups is 1. The predicted molar refractivity (Wildman–Crippen MR) is 73.7 cm³/mol. The minimum Gasteiger partial charge on any atom is -0.378 e. The third-order valence-electron chi connectivity index (χ3n) is 2.85. The van der Waals surface area contributed by atoms with Gasteiger partial charge in [0.05, 0.1) is 31.0 Å². The fourth-order valence-electron chi connectivity index (χ4n) is 1.84. The number of carbonyl (C=O) groups is 1. The summed E-state index contributed by atoms with van der Waals surface area (Å²) in [6.07, 6.45) is 0. The molecule has 0 unspecified atom stereocenters. The van der Waals surface area contributed by atoms with Crippen LogP contribution >= 0.6 is 0 Å². The molecular formula is C14H16FN3O2. The van der Waals surface area contributed by atoms with Crippen molar-refractivity contribution >= 4 is 11.7 Å². The number of ether oxygens (including phenoxy) is 1. The van der Waals surface area contributed by atoms with Gasteiger partial charge in [0.1, 0.15) is 5.82 Å². The smallest absolute Gasteiger partial charge is 0.322 e. The lowest BCUT2D eigenvalue weighted by Crippen LogP contribution is -2.43. The van der Waals surface area contributed by atoms with Crippen LogP contribution in [0.25, 0.3) is 0 Å². The molecule has 20 heavy (non-hydrogen) atoms. The first kappa shape index (κ1) is 14.3. The molecule has 1 aromatic rings. The van der Waals surface area contributed by atoms with Crippen molar-refractivity contribution in [1.29, 1.82) is 0 Å². The Kier molecular flexibility index (Phi) is 4.93. The van der Waals surface area contributed by atoms with Crippen molar-refractivity contribution in [1.82, 2.24) is 4.90 Å². The summed E-state index contributed by atoms with van der Waals surface area (Å²) in [5.74, 6) is 4.99. The van der Waals surface area contributed by atoms with E-state index in [1.165, 1.54) is 18.2 Å². The van der Waals surface area contributed by atoms with Gasteiger partial charge in [0, 0.05) is 13.1 Å². The standard InChI is InChI=1S/C14H16FN3O2/c15-12-3-4-13(11(10-12)2-1-5-16)17-14(19)18-6-8-20-9-7-18/h3-4,10H,5-9,16H2,(H,17,19). The molecule has 0 radical (unpaired) electrons. The lowest BCUT2D eigenvalue weighted by molar-refractivity contribution is 0.0564. The first-order valence-electron chi connectivity index (χ1n) is 6.33. The predicted octanol–water partition coefficient (Wildman–Crippen LogP) is 1.00. The maximum Gasteiger partial charge on any atom is 0.322 e. The fraction of sp³-hybridized carbons (Fsp3) is 0.357. The van der Waals surface area contributed by atoms with Crippen molar-refractivity contribution in [3.8, 4) is 11.8 Å². The van der Waals surface area contributed by atoms with E-state index in [1.807, 2.05) is 0 Å². The van der Waals surface area contributed by atoms with E-state index in [9.17, 15) is 9.18 Å². The van der Waals surface area contributed by atoms with Crippen LogP contribution in [0.3, 0.4) is 0 Å². The summed E-state index contributed by atoms with van der Waals surface area (Å²) < 4.78 is 18.4. The van der Waals surface area contributed by atoms with Crippen LogP contribution in [0.15, 0.2) is 18.2 Å². The van der Waals surface area contributed by atoms with Crippen LogP contribution < -0.4 is 11.1 Å². The van der Waals surface area contributed by atoms with Crippen LogP contribution in [-0.4, -0.2) is 43.8 Å². The highest BCUT2D eigenvalue weighted by Crippen LogP contribution is 2.17. The fourth-order valence-corrected chi connectivity index (χ4v) is 1.84. The van der Waals surface area contributed by atoms with Gasteiger partial charge in [0.25, 0.3) is 0 Å². The summed E-state index contributed by atoms with van der Waals surface area (Å²) >= 11 is 0. The number of rotatable bonds is 1. The Balaban J connectivity index is 2.13. The summed E-state index contributed by atoms with van der Waals surface area (Å²) in [5.41, 5.74) is 6.20. The summed E-state index contributed by atoms with van der Waals surface area (Å²) in [4.78, 5) is 13.7. The number of amides is 2. The van der Waals surface area contributed by atoms with Gasteiger partial charge in [-0.1, -0.05) is 11.8 Å². The average Bonchev–Trinajstić information content (AvgIpc) is 2.48. The van der Waals surface area contributed by atoms with Crippen LogP contribution in [0, 0.1) is 17.7 Å². The second kappa shape index (κ2) is 6.89. The van der Waals surface area contributed by atoms with E-state index in [4.69, 9.17) is 10.5 Å². The summed E-state index contributed by atoms with van der Waals surface area (Å²) in [7, 11) is 0. The zero-order valence-corrected chi connectivity index (χ0v) is 11.0. The van der Waals surface area contributed by atoms with Crippen LogP contribution in [0.5, 0.6) is 0 Å². The summed E-state index contributed by atoms with van der Waals surface area (Å²) in [6, 6.07) is 3.81. The topological polar surface area (TPSA) is 67.6 Å². The van der Waals surface area contributed by atoms with Crippen molar-refractivity contribution in [3.63, 3.8) is 0 Å². The van der Waals surface area contributed by atoms with Crippen molar-refractivity contribution in [2.75, 3.05) is 38.2 Å². The molecule has 2 rings (SSSR count). The van der Waals surface area contributed by atoms with E-state index >= 15 is 0 Å². The SMILES string of the molecule is NCC#Cc1cc(F)ccc1NC(=O)N1CCOCC1. The Hall–Kier alpha value is -2.10. The number of nitrogens with zero attached hydrogens (tertiary/aromatic N) is 1.